The minimum atomic E-state index is -2.96. The monoisotopic (exact) mass is 360 g/mol. The summed E-state index contributed by atoms with van der Waals surface area (Å²) in [5.41, 5.74) is -0.715. The van der Waals surface area contributed by atoms with Crippen LogP contribution in [-0.2, 0) is 14.2 Å². The summed E-state index contributed by atoms with van der Waals surface area (Å²) in [6, 6.07) is -0.658. The fourth-order valence-electron chi connectivity index (χ4n) is 2.28. The average molecular weight is 360 g/mol. The van der Waals surface area contributed by atoms with Crippen molar-refractivity contribution in [3.8, 4) is 0 Å². The zero-order valence-corrected chi connectivity index (χ0v) is 14.0. The molecule has 0 spiro atoms. The molecule has 24 heavy (non-hydrogen) atoms. The fourth-order valence-corrected chi connectivity index (χ4v) is 2.28. The van der Waals surface area contributed by atoms with Gasteiger partial charge in [-0.15, -0.1) is 0 Å². The normalized spacial score (nSPS) is 20.0. The zero-order valence-electron chi connectivity index (χ0n) is 14.0. The number of hydrogen-bond donors (Lipinski definition) is 0. The smallest absolute Gasteiger partial charge is 0.410 e. The quantitative estimate of drug-likeness (QED) is 0.653. The predicted molar refractivity (Wildman–Crippen MR) is 77.1 cm³/mol. The number of nitrogens with zero attached hydrogens (tertiary/aromatic N) is 2. The van der Waals surface area contributed by atoms with E-state index >= 15 is 0 Å². The highest BCUT2D eigenvalue weighted by Gasteiger charge is 2.34. The lowest BCUT2D eigenvalue weighted by Gasteiger charge is -2.41. The van der Waals surface area contributed by atoms with Crippen LogP contribution in [0.25, 0.3) is 0 Å². The van der Waals surface area contributed by atoms with Crippen molar-refractivity contribution >= 4 is 6.09 Å². The predicted octanol–water partition coefficient (Wildman–Crippen LogP) is 2.39. The largest absolute Gasteiger partial charge is 0.444 e. The van der Waals surface area contributed by atoms with Gasteiger partial charge in [-0.05, 0) is 20.8 Å². The Morgan fingerprint density at radius 1 is 1.12 bits per heavy atom. The van der Waals surface area contributed by atoms with E-state index in [1.54, 1.807) is 25.7 Å². The maximum absolute atomic E-state index is 12.3. The summed E-state index contributed by atoms with van der Waals surface area (Å²) >= 11 is 0. The molecule has 6 nitrogen and oxygen atoms in total. The molecule has 10 heteroatoms. The third-order valence-corrected chi connectivity index (χ3v) is 3.26. The summed E-state index contributed by atoms with van der Waals surface area (Å²) < 4.78 is 62.4. The van der Waals surface area contributed by atoms with Crippen molar-refractivity contribution in [1.82, 2.24) is 9.80 Å². The second kappa shape index (κ2) is 9.38. The highest BCUT2D eigenvalue weighted by Crippen LogP contribution is 2.17. The molecule has 1 aliphatic rings. The maximum Gasteiger partial charge on any atom is 0.410 e. The highest BCUT2D eigenvalue weighted by atomic mass is 19.3. The lowest BCUT2D eigenvalue weighted by Crippen LogP contribution is -2.58. The van der Waals surface area contributed by atoms with E-state index in [4.69, 9.17) is 4.74 Å². The summed E-state index contributed by atoms with van der Waals surface area (Å²) in [6.07, 6.45) is -0.617. The Morgan fingerprint density at radius 2 is 1.75 bits per heavy atom. The molecule has 0 aromatic carbocycles. The number of carbonyl (C=O) groups excluding carboxylic acids is 1. The van der Waals surface area contributed by atoms with E-state index in [0.29, 0.717) is 6.54 Å². The molecule has 0 aliphatic carbocycles. The van der Waals surface area contributed by atoms with Crippen LogP contribution in [-0.4, -0.2) is 80.2 Å². The van der Waals surface area contributed by atoms with Crippen molar-refractivity contribution in [2.75, 3.05) is 39.4 Å². The zero-order chi connectivity index (χ0) is 18.3. The molecule has 0 saturated carbocycles. The first-order valence-electron chi connectivity index (χ1n) is 7.60. The molecule has 1 atom stereocenters. The summed E-state index contributed by atoms with van der Waals surface area (Å²) in [4.78, 5) is 15.3. The topological polar surface area (TPSA) is 51.2 Å². The molecule has 1 amide bonds. The molecule has 0 aromatic heterocycles. The molecule has 0 aromatic rings. The first-order valence-corrected chi connectivity index (χ1v) is 7.60. The summed E-state index contributed by atoms with van der Waals surface area (Å²) in [7, 11) is 0. The van der Waals surface area contributed by atoms with E-state index in [2.05, 4.69) is 9.47 Å². The fraction of sp³-hybridized carbons (Fsp3) is 0.929. The molecule has 142 valence electrons. The van der Waals surface area contributed by atoms with Crippen molar-refractivity contribution in [3.63, 3.8) is 0 Å². The third-order valence-electron chi connectivity index (χ3n) is 3.26. The molecular formula is C14H24F4N2O4. The number of carbonyl (C=O) groups is 1. The minimum absolute atomic E-state index is 0.188. The lowest BCUT2D eigenvalue weighted by atomic mass is 10.1. The van der Waals surface area contributed by atoms with Gasteiger partial charge in [0.1, 0.15) is 5.60 Å². The number of hydrogen-bond acceptors (Lipinski definition) is 5. The van der Waals surface area contributed by atoms with Crippen LogP contribution in [0.1, 0.15) is 20.8 Å². The molecule has 0 bridgehead atoms. The van der Waals surface area contributed by atoms with Gasteiger partial charge in [0.2, 0.25) is 0 Å². The van der Waals surface area contributed by atoms with Gasteiger partial charge in [0.05, 0.1) is 19.3 Å². The van der Waals surface area contributed by atoms with Crippen LogP contribution in [0.15, 0.2) is 0 Å². The number of amides is 1. The average Bonchev–Trinajstić information content (AvgIpc) is 2.42. The van der Waals surface area contributed by atoms with Gasteiger partial charge >= 0.3 is 19.3 Å². The Bertz CT molecular complexity index is 393. The molecule has 1 fully saturated rings. The van der Waals surface area contributed by atoms with E-state index in [1.807, 2.05) is 0 Å². The van der Waals surface area contributed by atoms with Crippen LogP contribution < -0.4 is 0 Å². The van der Waals surface area contributed by atoms with Gasteiger partial charge < -0.3 is 19.1 Å². The SMILES string of the molecule is CC(C)(C)OC(=O)N1CCN(CCOC(F)F)C[C@H]1COC(F)F. The number of ether oxygens (including phenoxy) is 3. The number of rotatable bonds is 7. The van der Waals surface area contributed by atoms with Crippen LogP contribution >= 0.6 is 0 Å². The molecule has 1 aliphatic heterocycles. The Morgan fingerprint density at radius 3 is 2.29 bits per heavy atom. The van der Waals surface area contributed by atoms with Crippen molar-refractivity contribution in [3.05, 3.63) is 0 Å². The van der Waals surface area contributed by atoms with Gasteiger partial charge in [-0.3, -0.25) is 4.90 Å². The van der Waals surface area contributed by atoms with Gasteiger partial charge in [0, 0.05) is 26.2 Å². The van der Waals surface area contributed by atoms with E-state index in [1.165, 1.54) is 4.90 Å². The van der Waals surface area contributed by atoms with Crippen LogP contribution in [0, 0.1) is 0 Å². The molecule has 1 heterocycles. The Hall–Kier alpha value is -1.13. The maximum atomic E-state index is 12.3. The van der Waals surface area contributed by atoms with Crippen LogP contribution in [0.4, 0.5) is 22.4 Å². The highest BCUT2D eigenvalue weighted by molar-refractivity contribution is 5.68. The van der Waals surface area contributed by atoms with Gasteiger partial charge in [0.15, 0.2) is 0 Å². The molecule has 0 unspecified atom stereocenters. The van der Waals surface area contributed by atoms with Crippen LogP contribution in [0.3, 0.4) is 0 Å². The van der Waals surface area contributed by atoms with Gasteiger partial charge in [-0.1, -0.05) is 0 Å². The summed E-state index contributed by atoms with van der Waals surface area (Å²) in [5, 5.41) is 0. The summed E-state index contributed by atoms with van der Waals surface area (Å²) in [5.74, 6) is 0. The second-order valence-electron chi connectivity index (χ2n) is 6.35. The number of halogens is 4. The van der Waals surface area contributed by atoms with E-state index in [0.717, 1.165) is 0 Å². The van der Waals surface area contributed by atoms with Gasteiger partial charge in [-0.25, -0.2) is 4.79 Å². The number of alkyl halides is 4. The molecule has 0 N–H and O–H groups in total. The molecule has 0 radical (unpaired) electrons. The van der Waals surface area contributed by atoms with E-state index < -0.39 is 31.0 Å². The van der Waals surface area contributed by atoms with Gasteiger partial charge in [0.25, 0.3) is 0 Å². The lowest BCUT2D eigenvalue weighted by molar-refractivity contribution is -0.149. The summed E-state index contributed by atoms with van der Waals surface area (Å²) in [6.45, 7) is -0.229. The Kier molecular flexibility index (Phi) is 8.17. The Labute approximate surface area is 138 Å². The first-order chi connectivity index (χ1) is 11.1. The van der Waals surface area contributed by atoms with Crippen molar-refractivity contribution < 1.29 is 36.6 Å². The van der Waals surface area contributed by atoms with Crippen LogP contribution in [0.5, 0.6) is 0 Å². The molecular weight excluding hydrogens is 336 g/mol. The van der Waals surface area contributed by atoms with E-state index in [9.17, 15) is 22.4 Å². The van der Waals surface area contributed by atoms with Crippen molar-refractivity contribution in [2.45, 2.75) is 45.6 Å². The van der Waals surface area contributed by atoms with Crippen molar-refractivity contribution in [2.24, 2.45) is 0 Å². The second-order valence-corrected chi connectivity index (χ2v) is 6.35. The third kappa shape index (κ3) is 8.11. The van der Waals surface area contributed by atoms with E-state index in [-0.39, 0.29) is 32.8 Å². The molecule has 1 rings (SSSR count). The first kappa shape index (κ1) is 20.9. The molecule has 1 saturated heterocycles. The standard InChI is InChI=1S/C14H24F4N2O4/c1-14(2,3)24-13(21)20-5-4-19(6-7-22-11(15)16)8-10(20)9-23-12(17)18/h10-12H,4-9H2,1-3H3/t10-/m0/s1. The van der Waals surface area contributed by atoms with Crippen molar-refractivity contribution in [1.29, 1.82) is 0 Å². The van der Waals surface area contributed by atoms with Crippen LogP contribution in [0.2, 0.25) is 0 Å². The minimum Gasteiger partial charge on any atom is -0.444 e. The number of piperazine rings is 1. The van der Waals surface area contributed by atoms with Gasteiger partial charge in [-0.2, -0.15) is 17.6 Å². The Balaban J connectivity index is 2.62.